The summed E-state index contributed by atoms with van der Waals surface area (Å²) in [7, 11) is 0. The summed E-state index contributed by atoms with van der Waals surface area (Å²) in [6.45, 7) is 9.18. The third kappa shape index (κ3) is 6.32. The maximum atomic E-state index is 12.6. The number of carbonyl (C=O) groups is 2. The number of imide groups is 1. The topological polar surface area (TPSA) is 104 Å². The predicted molar refractivity (Wildman–Crippen MR) is 132 cm³/mol. The molecule has 0 bridgehead atoms. The fourth-order valence-corrected chi connectivity index (χ4v) is 4.10. The van der Waals surface area contributed by atoms with Gasteiger partial charge in [0.2, 0.25) is 17.6 Å². The zero-order valence-corrected chi connectivity index (χ0v) is 20.4. The molecular formula is C26H32N6O3. The molecular weight excluding hydrogens is 444 g/mol. The van der Waals surface area contributed by atoms with Crippen molar-refractivity contribution in [3.63, 3.8) is 0 Å². The highest BCUT2D eigenvalue weighted by atomic mass is 16.5. The van der Waals surface area contributed by atoms with E-state index in [0.29, 0.717) is 31.3 Å². The number of piperazine rings is 1. The van der Waals surface area contributed by atoms with Crippen LogP contribution in [0.3, 0.4) is 0 Å². The number of nitrogens with one attached hydrogen (secondary N) is 2. The number of rotatable bonds is 7. The Balaban J connectivity index is 1.24. The second kappa shape index (κ2) is 11.2. The summed E-state index contributed by atoms with van der Waals surface area (Å²) < 4.78 is 5.55. The molecule has 9 nitrogen and oxygen atoms in total. The van der Waals surface area contributed by atoms with E-state index in [1.54, 1.807) is 0 Å². The molecule has 0 spiro atoms. The predicted octanol–water partition coefficient (Wildman–Crippen LogP) is 3.14. The van der Waals surface area contributed by atoms with Crippen molar-refractivity contribution < 1.29 is 14.1 Å². The van der Waals surface area contributed by atoms with Crippen molar-refractivity contribution in [3.05, 3.63) is 71.6 Å². The average Bonchev–Trinajstić information content (AvgIpc) is 3.38. The molecule has 2 heterocycles. The van der Waals surface area contributed by atoms with Gasteiger partial charge in [0.25, 0.3) is 0 Å². The first-order valence-corrected chi connectivity index (χ1v) is 11.9. The van der Waals surface area contributed by atoms with Gasteiger partial charge in [0.05, 0.1) is 12.1 Å². The van der Waals surface area contributed by atoms with E-state index >= 15 is 0 Å². The minimum absolute atomic E-state index is 0.0308. The zero-order chi connectivity index (χ0) is 24.8. The number of nitrogens with zero attached hydrogens (tertiary/aromatic N) is 4. The molecule has 2 atom stereocenters. The number of carbonyl (C=O) groups excluding carboxylic acids is 2. The molecule has 1 fully saturated rings. The van der Waals surface area contributed by atoms with Gasteiger partial charge in [-0.1, -0.05) is 65.3 Å². The van der Waals surface area contributed by atoms with Gasteiger partial charge in [0.15, 0.2) is 0 Å². The molecule has 1 saturated heterocycles. The molecule has 2 aromatic carbocycles. The summed E-state index contributed by atoms with van der Waals surface area (Å²) in [6.07, 6.45) is 0. The summed E-state index contributed by atoms with van der Waals surface area (Å²) in [5.74, 6) is 0.855. The molecule has 3 aromatic rings. The number of amides is 3. The number of aromatic nitrogens is 2. The zero-order valence-electron chi connectivity index (χ0n) is 20.4. The number of hydrogen-bond acceptors (Lipinski definition) is 7. The Hall–Kier alpha value is -3.56. The van der Waals surface area contributed by atoms with Crippen LogP contribution < -0.4 is 10.6 Å². The average molecular weight is 477 g/mol. The van der Waals surface area contributed by atoms with Crippen LogP contribution in [0.1, 0.15) is 36.9 Å². The van der Waals surface area contributed by atoms with Crippen LogP contribution >= 0.6 is 0 Å². The standard InChI is InChI=1S/C26H32N6O3/c1-18-9-11-22(12-10-18)23-28-25(35-30-23)20(3)32-15-13-31(14-16-32)19(2)24(33)29-26(34)27-17-21-7-5-4-6-8-21/h4-12,19-20H,13-17H2,1-3H3,(H2,27,29,33,34). The van der Waals surface area contributed by atoms with Crippen molar-refractivity contribution in [2.45, 2.75) is 39.4 Å². The maximum Gasteiger partial charge on any atom is 0.321 e. The largest absolute Gasteiger partial charge is 0.337 e. The van der Waals surface area contributed by atoms with Gasteiger partial charge in [-0.05, 0) is 26.3 Å². The van der Waals surface area contributed by atoms with Gasteiger partial charge in [0.1, 0.15) is 0 Å². The SMILES string of the molecule is Cc1ccc(-c2noc(C(C)N3CCN(C(C)C(=O)NC(=O)NCc4ccccc4)CC3)n2)cc1. The third-order valence-electron chi connectivity index (χ3n) is 6.47. The maximum absolute atomic E-state index is 12.6. The summed E-state index contributed by atoms with van der Waals surface area (Å²) >= 11 is 0. The molecule has 0 aliphatic carbocycles. The Bertz CT molecular complexity index is 1120. The quantitative estimate of drug-likeness (QED) is 0.540. The fraction of sp³-hybridized carbons (Fsp3) is 0.385. The number of benzene rings is 2. The van der Waals surface area contributed by atoms with E-state index in [0.717, 1.165) is 24.2 Å². The van der Waals surface area contributed by atoms with Crippen molar-refractivity contribution >= 4 is 11.9 Å². The van der Waals surface area contributed by atoms with Crippen molar-refractivity contribution in [3.8, 4) is 11.4 Å². The second-order valence-corrected chi connectivity index (χ2v) is 8.90. The first kappa shape index (κ1) is 24.6. The molecule has 184 valence electrons. The van der Waals surface area contributed by atoms with Crippen molar-refractivity contribution in [1.29, 1.82) is 0 Å². The molecule has 9 heteroatoms. The molecule has 0 saturated carbocycles. The molecule has 4 rings (SSSR count). The van der Waals surface area contributed by atoms with Crippen molar-refractivity contribution in [2.75, 3.05) is 26.2 Å². The van der Waals surface area contributed by atoms with Crippen LogP contribution in [0.5, 0.6) is 0 Å². The summed E-state index contributed by atoms with van der Waals surface area (Å²) in [4.78, 5) is 33.7. The fourth-order valence-electron chi connectivity index (χ4n) is 4.10. The van der Waals surface area contributed by atoms with Crippen LogP contribution in [0.25, 0.3) is 11.4 Å². The molecule has 0 radical (unpaired) electrons. The minimum Gasteiger partial charge on any atom is -0.337 e. The Morgan fingerprint density at radius 2 is 1.63 bits per heavy atom. The monoisotopic (exact) mass is 476 g/mol. The van der Waals surface area contributed by atoms with E-state index < -0.39 is 12.1 Å². The van der Waals surface area contributed by atoms with Crippen LogP contribution in [0.2, 0.25) is 0 Å². The smallest absolute Gasteiger partial charge is 0.321 e. The lowest BCUT2D eigenvalue weighted by atomic mass is 10.1. The lowest BCUT2D eigenvalue weighted by Gasteiger charge is -2.38. The highest BCUT2D eigenvalue weighted by Gasteiger charge is 2.30. The van der Waals surface area contributed by atoms with Gasteiger partial charge in [0, 0.05) is 38.3 Å². The van der Waals surface area contributed by atoms with Crippen molar-refractivity contribution in [2.24, 2.45) is 0 Å². The number of urea groups is 1. The summed E-state index contributed by atoms with van der Waals surface area (Å²) in [6, 6.07) is 16.7. The molecule has 3 amide bonds. The van der Waals surface area contributed by atoms with Crippen LogP contribution in [0.15, 0.2) is 59.1 Å². The van der Waals surface area contributed by atoms with Crippen LogP contribution in [-0.2, 0) is 11.3 Å². The molecule has 1 aromatic heterocycles. The first-order valence-electron chi connectivity index (χ1n) is 11.9. The van der Waals surface area contributed by atoms with E-state index in [9.17, 15) is 9.59 Å². The Kier molecular flexibility index (Phi) is 7.89. The molecule has 2 unspecified atom stereocenters. The van der Waals surface area contributed by atoms with E-state index in [4.69, 9.17) is 4.52 Å². The summed E-state index contributed by atoms with van der Waals surface area (Å²) in [5.41, 5.74) is 3.08. The van der Waals surface area contributed by atoms with Gasteiger partial charge in [-0.25, -0.2) is 4.79 Å². The Labute approximate surface area is 205 Å². The molecule has 1 aliphatic rings. The van der Waals surface area contributed by atoms with Crippen LogP contribution in [0, 0.1) is 6.92 Å². The third-order valence-corrected chi connectivity index (χ3v) is 6.47. The van der Waals surface area contributed by atoms with E-state index in [1.165, 1.54) is 5.56 Å². The second-order valence-electron chi connectivity index (χ2n) is 8.90. The Morgan fingerprint density at radius 3 is 2.31 bits per heavy atom. The van der Waals surface area contributed by atoms with Crippen LogP contribution in [0.4, 0.5) is 4.79 Å². The lowest BCUT2D eigenvalue weighted by Crippen LogP contribution is -2.55. The normalized spacial score (nSPS) is 16.4. The highest BCUT2D eigenvalue weighted by Crippen LogP contribution is 2.24. The number of hydrogen-bond donors (Lipinski definition) is 2. The minimum atomic E-state index is -0.487. The van der Waals surface area contributed by atoms with Gasteiger partial charge < -0.3 is 9.84 Å². The molecule has 35 heavy (non-hydrogen) atoms. The number of aryl methyl sites for hydroxylation is 1. The van der Waals surface area contributed by atoms with E-state index in [-0.39, 0.29) is 11.9 Å². The Morgan fingerprint density at radius 1 is 0.971 bits per heavy atom. The van der Waals surface area contributed by atoms with E-state index in [2.05, 4.69) is 37.5 Å². The van der Waals surface area contributed by atoms with Gasteiger partial charge in [-0.3, -0.25) is 19.9 Å². The van der Waals surface area contributed by atoms with E-state index in [1.807, 2.05) is 68.4 Å². The van der Waals surface area contributed by atoms with Crippen molar-refractivity contribution in [1.82, 2.24) is 30.6 Å². The van der Waals surface area contributed by atoms with Crippen LogP contribution in [-0.4, -0.2) is 64.1 Å². The first-order chi connectivity index (χ1) is 16.9. The molecule has 1 aliphatic heterocycles. The van der Waals surface area contributed by atoms with Gasteiger partial charge in [-0.2, -0.15) is 4.98 Å². The van der Waals surface area contributed by atoms with Gasteiger partial charge in [-0.15, -0.1) is 0 Å². The lowest BCUT2D eigenvalue weighted by molar-refractivity contribution is -0.125. The van der Waals surface area contributed by atoms with Gasteiger partial charge >= 0.3 is 6.03 Å². The highest BCUT2D eigenvalue weighted by molar-refractivity contribution is 5.96. The summed E-state index contributed by atoms with van der Waals surface area (Å²) in [5, 5.41) is 9.32. The molecule has 2 N–H and O–H groups in total.